The third-order valence-electron chi connectivity index (χ3n) is 9.38. The largest absolute Gasteiger partial charge is 0.479 e. The van der Waals surface area contributed by atoms with Crippen LogP contribution in [0.25, 0.3) is 0 Å². The maximum absolute atomic E-state index is 12.6. The van der Waals surface area contributed by atoms with Gasteiger partial charge in [-0.2, -0.15) is 0 Å². The number of aliphatic hydroxyl groups is 8. The highest BCUT2D eigenvalue weighted by Crippen LogP contribution is 2.35. The van der Waals surface area contributed by atoms with Crippen molar-refractivity contribution in [2.24, 2.45) is 0 Å². The molecule has 3 saturated heterocycles. The third kappa shape index (κ3) is 10.5. The van der Waals surface area contributed by atoms with E-state index in [1.807, 2.05) is 0 Å². The molecule has 0 radical (unpaired) electrons. The second-order valence-electron chi connectivity index (χ2n) is 13.2. The van der Waals surface area contributed by atoms with E-state index in [2.05, 4.69) is 27.9 Å². The SMILES string of the molecule is CC(=O)NC1C(O[C@@H]2OC(CO)[C@H](O)C(O)C2O)[C@@H](O)C(CO)O[C@H]1O[C@H]1C(CO)O[C@@H](Oc2ccc(I)cc2)C(O)C1O[C@H](Cc1ccccc1)C(=O)O. The monoisotopic (exact) mass is 895 g/mol. The summed E-state index contributed by atoms with van der Waals surface area (Å²) < 4.78 is 42.3. The molecule has 19 nitrogen and oxygen atoms in total. The number of rotatable bonds is 15. The minimum Gasteiger partial charge on any atom is -0.479 e. The van der Waals surface area contributed by atoms with Crippen LogP contribution < -0.4 is 10.1 Å². The van der Waals surface area contributed by atoms with Crippen LogP contribution in [-0.4, -0.2) is 176 Å². The molecule has 2 aromatic rings. The molecule has 0 aromatic heterocycles. The van der Waals surface area contributed by atoms with Gasteiger partial charge in [-0.1, -0.05) is 30.3 Å². The van der Waals surface area contributed by atoms with Gasteiger partial charge in [-0.15, -0.1) is 0 Å². The second-order valence-corrected chi connectivity index (χ2v) is 14.5. The summed E-state index contributed by atoms with van der Waals surface area (Å²) in [4.78, 5) is 25.2. The Labute approximate surface area is 328 Å². The molecule has 55 heavy (non-hydrogen) atoms. The summed E-state index contributed by atoms with van der Waals surface area (Å²) in [6.45, 7) is -1.37. The Morgan fingerprint density at radius 1 is 0.709 bits per heavy atom. The number of nitrogens with one attached hydrogen (secondary N) is 1. The normalized spacial score (nSPS) is 37.2. The van der Waals surface area contributed by atoms with Gasteiger partial charge in [0.15, 0.2) is 18.7 Å². The van der Waals surface area contributed by atoms with Crippen LogP contribution in [0, 0.1) is 3.57 Å². The maximum Gasteiger partial charge on any atom is 0.333 e. The Bertz CT molecular complexity index is 1520. The maximum atomic E-state index is 12.6. The highest BCUT2D eigenvalue weighted by atomic mass is 127. The summed E-state index contributed by atoms with van der Waals surface area (Å²) in [5.74, 6) is -1.86. The van der Waals surface area contributed by atoms with Crippen LogP contribution in [0.3, 0.4) is 0 Å². The van der Waals surface area contributed by atoms with E-state index in [0.29, 0.717) is 5.56 Å². The van der Waals surface area contributed by atoms with Gasteiger partial charge in [-0.3, -0.25) is 4.79 Å². The summed E-state index contributed by atoms with van der Waals surface area (Å²) in [5, 5.41) is 97.6. The average molecular weight is 896 g/mol. The lowest BCUT2D eigenvalue weighted by Crippen LogP contribution is -2.70. The summed E-state index contributed by atoms with van der Waals surface area (Å²) in [7, 11) is 0. The number of hydrogen-bond acceptors (Lipinski definition) is 17. The lowest BCUT2D eigenvalue weighted by Gasteiger charge is -2.50. The number of ether oxygens (including phenoxy) is 7. The first-order valence-corrected chi connectivity index (χ1v) is 18.5. The molecule has 20 heteroatoms. The van der Waals surface area contributed by atoms with Crippen molar-refractivity contribution >= 4 is 34.5 Å². The van der Waals surface area contributed by atoms with Gasteiger partial charge in [-0.05, 0) is 52.4 Å². The zero-order chi connectivity index (χ0) is 40.0. The topological polar surface area (TPSA) is 293 Å². The number of benzene rings is 2. The smallest absolute Gasteiger partial charge is 0.333 e. The van der Waals surface area contributed by atoms with E-state index in [1.165, 1.54) is 0 Å². The molecule has 3 fully saturated rings. The molecule has 0 spiro atoms. The number of hydrogen-bond donors (Lipinski definition) is 10. The van der Waals surface area contributed by atoms with Crippen molar-refractivity contribution < 1.29 is 88.7 Å². The van der Waals surface area contributed by atoms with Gasteiger partial charge in [0, 0.05) is 16.9 Å². The number of carboxylic acids is 1. The summed E-state index contributed by atoms with van der Waals surface area (Å²) >= 11 is 2.09. The van der Waals surface area contributed by atoms with Crippen molar-refractivity contribution in [3.63, 3.8) is 0 Å². The van der Waals surface area contributed by atoms with Gasteiger partial charge in [0.05, 0.1) is 19.8 Å². The molecule has 3 aliphatic rings. The van der Waals surface area contributed by atoms with E-state index in [0.717, 1.165) is 10.5 Å². The van der Waals surface area contributed by atoms with Gasteiger partial charge in [0.2, 0.25) is 12.2 Å². The first-order valence-electron chi connectivity index (χ1n) is 17.4. The Hall–Kier alpha value is -2.65. The van der Waals surface area contributed by atoms with E-state index < -0.39 is 130 Å². The van der Waals surface area contributed by atoms with Crippen molar-refractivity contribution in [2.45, 2.75) is 112 Å². The number of aliphatic carboxylic acids is 1. The standard InChI is InChI=1S/C35H46INO18/c1-15(41)37-23-30(55-34-27(45)26(44)24(42)20(12-38)52-34)25(43)21(13-39)51-33(23)54-29-22(14-40)53-35(49-18-9-7-17(36)8-10-18)28(46)31(29)50-19(32(47)48)11-16-5-3-2-4-6-16/h2-10,19-31,33-35,38-40,42-46H,11-14H2,1H3,(H,37,41)(H,47,48)/t19-,20?,21?,22?,23?,24+,25+,26?,27?,28?,29+,30?,31?,33+,34+,35-/m1/s1. The minimum absolute atomic E-state index is 0.165. The fourth-order valence-electron chi connectivity index (χ4n) is 6.54. The van der Waals surface area contributed by atoms with Gasteiger partial charge in [0.25, 0.3) is 0 Å². The molecule has 5 rings (SSSR count). The Kier molecular flexibility index (Phi) is 15.5. The molecule has 2 aromatic carbocycles. The number of amides is 1. The van der Waals surface area contributed by atoms with Crippen molar-refractivity contribution in [3.05, 3.63) is 63.7 Å². The van der Waals surface area contributed by atoms with Crippen LogP contribution in [0.5, 0.6) is 5.75 Å². The summed E-state index contributed by atoms with van der Waals surface area (Å²) in [5.41, 5.74) is 0.577. The minimum atomic E-state index is -1.93. The van der Waals surface area contributed by atoms with E-state index in [9.17, 15) is 55.5 Å². The van der Waals surface area contributed by atoms with Crippen molar-refractivity contribution in [1.82, 2.24) is 5.32 Å². The highest BCUT2D eigenvalue weighted by Gasteiger charge is 2.55. The highest BCUT2D eigenvalue weighted by molar-refractivity contribution is 14.1. The lowest BCUT2D eigenvalue weighted by atomic mass is 9.94. The number of halogens is 1. The van der Waals surface area contributed by atoms with Crippen molar-refractivity contribution in [3.8, 4) is 5.75 Å². The fraction of sp³-hybridized carbons (Fsp3) is 0.600. The molecule has 9 unspecified atom stereocenters. The fourth-order valence-corrected chi connectivity index (χ4v) is 6.90. The zero-order valence-electron chi connectivity index (χ0n) is 29.3. The number of aliphatic hydroxyl groups excluding tert-OH is 8. The van der Waals surface area contributed by atoms with Crippen molar-refractivity contribution in [1.29, 1.82) is 0 Å². The van der Waals surface area contributed by atoms with Gasteiger partial charge < -0.3 is 84.4 Å². The van der Waals surface area contributed by atoms with Crippen LogP contribution in [0.2, 0.25) is 0 Å². The van der Waals surface area contributed by atoms with Crippen LogP contribution in [0.4, 0.5) is 0 Å². The van der Waals surface area contributed by atoms with Crippen LogP contribution in [-0.2, 0) is 44.4 Å². The molecule has 16 atom stereocenters. The number of carbonyl (C=O) groups is 2. The van der Waals surface area contributed by atoms with Crippen LogP contribution in [0.15, 0.2) is 54.6 Å². The first-order chi connectivity index (χ1) is 26.3. The van der Waals surface area contributed by atoms with E-state index in [4.69, 9.17) is 33.2 Å². The molecule has 306 valence electrons. The Morgan fingerprint density at radius 3 is 1.89 bits per heavy atom. The van der Waals surface area contributed by atoms with E-state index in [-0.39, 0.29) is 12.2 Å². The zero-order valence-corrected chi connectivity index (χ0v) is 31.5. The third-order valence-corrected chi connectivity index (χ3v) is 10.1. The Morgan fingerprint density at radius 2 is 1.29 bits per heavy atom. The van der Waals surface area contributed by atoms with Crippen LogP contribution in [0.1, 0.15) is 12.5 Å². The number of carboxylic acid groups (broad SMARTS) is 1. The molecule has 0 bridgehead atoms. The van der Waals surface area contributed by atoms with Gasteiger partial charge in [0.1, 0.15) is 78.9 Å². The predicted octanol–water partition coefficient (Wildman–Crippen LogP) is -3.02. The summed E-state index contributed by atoms with van der Waals surface area (Å²) in [6.07, 6.45) is -25.3. The first kappa shape index (κ1) is 43.5. The molecule has 0 saturated carbocycles. The lowest BCUT2D eigenvalue weighted by molar-refractivity contribution is -0.364. The Balaban J connectivity index is 1.49. The van der Waals surface area contributed by atoms with Crippen LogP contribution >= 0.6 is 22.6 Å². The van der Waals surface area contributed by atoms with Gasteiger partial charge >= 0.3 is 5.97 Å². The van der Waals surface area contributed by atoms with Gasteiger partial charge in [-0.25, -0.2) is 4.79 Å². The summed E-state index contributed by atoms with van der Waals surface area (Å²) in [6, 6.07) is 13.6. The van der Waals surface area contributed by atoms with Crippen molar-refractivity contribution in [2.75, 3.05) is 19.8 Å². The molecular formula is C35H46INO18. The van der Waals surface area contributed by atoms with E-state index >= 15 is 0 Å². The molecule has 3 aliphatic heterocycles. The molecular weight excluding hydrogens is 849 g/mol. The number of carbonyl (C=O) groups excluding carboxylic acids is 1. The van der Waals surface area contributed by atoms with E-state index in [1.54, 1.807) is 54.6 Å². The average Bonchev–Trinajstić information content (AvgIpc) is 3.16. The molecule has 10 N–H and O–H groups in total. The second kappa shape index (κ2) is 19.7. The quantitative estimate of drug-likeness (QED) is 0.0797. The predicted molar refractivity (Wildman–Crippen MR) is 191 cm³/mol. The molecule has 0 aliphatic carbocycles. The molecule has 1 amide bonds. The molecule has 3 heterocycles.